The van der Waals surface area contributed by atoms with Crippen molar-refractivity contribution in [1.82, 2.24) is 5.01 Å². The minimum absolute atomic E-state index is 0.0653. The monoisotopic (exact) mass is 218 g/mol. The van der Waals surface area contributed by atoms with E-state index in [1.54, 1.807) is 7.05 Å². The summed E-state index contributed by atoms with van der Waals surface area (Å²) in [5.41, 5.74) is 0. The Morgan fingerprint density at radius 2 is 2.38 bits per heavy atom. The number of nitrogens with zero attached hydrogens (tertiary/aromatic N) is 1. The first-order chi connectivity index (χ1) is 6.09. The summed E-state index contributed by atoms with van der Waals surface area (Å²) in [5, 5.41) is 1.11. The highest BCUT2D eigenvalue weighted by atomic mass is 35.5. The van der Waals surface area contributed by atoms with E-state index in [1.165, 1.54) is 11.3 Å². The minimum atomic E-state index is -0.0653. The lowest BCUT2D eigenvalue weighted by Crippen LogP contribution is -2.33. The molecule has 1 aromatic heterocycles. The van der Waals surface area contributed by atoms with Crippen LogP contribution in [0.25, 0.3) is 0 Å². The van der Waals surface area contributed by atoms with Gasteiger partial charge in [-0.05, 0) is 18.6 Å². The van der Waals surface area contributed by atoms with Crippen LogP contribution in [0.1, 0.15) is 11.3 Å². The van der Waals surface area contributed by atoms with Crippen LogP contribution in [-0.4, -0.2) is 18.0 Å². The number of amides is 1. The van der Waals surface area contributed by atoms with Crippen LogP contribution in [0.4, 0.5) is 0 Å². The Morgan fingerprint density at radius 3 is 2.85 bits per heavy atom. The number of carbonyl (C=O) groups is 1. The third-order valence-corrected chi connectivity index (χ3v) is 2.90. The smallest absolute Gasteiger partial charge is 0.236 e. The van der Waals surface area contributed by atoms with Crippen LogP contribution >= 0.6 is 22.9 Å². The van der Waals surface area contributed by atoms with E-state index in [9.17, 15) is 4.79 Å². The summed E-state index contributed by atoms with van der Waals surface area (Å²) in [6.07, 6.45) is 1.14. The zero-order chi connectivity index (χ0) is 9.84. The zero-order valence-corrected chi connectivity index (χ0v) is 8.86. The maximum atomic E-state index is 11.1. The average Bonchev–Trinajstić information content (AvgIpc) is 2.47. The van der Waals surface area contributed by atoms with E-state index in [0.717, 1.165) is 14.2 Å². The summed E-state index contributed by atoms with van der Waals surface area (Å²) in [6.45, 7) is 0. The lowest BCUT2D eigenvalue weighted by atomic mass is 10.2. The predicted octanol–water partition coefficient (Wildman–Crippen LogP) is 1.67. The van der Waals surface area contributed by atoms with Crippen LogP contribution < -0.4 is 5.84 Å². The van der Waals surface area contributed by atoms with E-state index in [2.05, 4.69) is 0 Å². The largest absolute Gasteiger partial charge is 0.284 e. The topological polar surface area (TPSA) is 46.3 Å². The highest BCUT2D eigenvalue weighted by molar-refractivity contribution is 7.16. The number of hydrogen-bond acceptors (Lipinski definition) is 3. The number of hydrogen-bond donors (Lipinski definition) is 1. The maximum absolute atomic E-state index is 11.1. The van der Waals surface area contributed by atoms with Crippen LogP contribution in [0.3, 0.4) is 0 Å². The van der Waals surface area contributed by atoms with Crippen molar-refractivity contribution >= 4 is 28.8 Å². The summed E-state index contributed by atoms with van der Waals surface area (Å²) < 4.78 is 0.753. The number of halogens is 1. The molecule has 0 bridgehead atoms. The van der Waals surface area contributed by atoms with Crippen LogP contribution in [0, 0.1) is 0 Å². The fourth-order valence-electron chi connectivity index (χ4n) is 0.893. The van der Waals surface area contributed by atoms with Gasteiger partial charge in [-0.3, -0.25) is 9.80 Å². The number of thiophene rings is 1. The second kappa shape index (κ2) is 4.60. The van der Waals surface area contributed by atoms with Crippen LogP contribution in [-0.2, 0) is 11.2 Å². The highest BCUT2D eigenvalue weighted by Crippen LogP contribution is 2.22. The molecule has 1 heterocycles. The number of nitrogens with two attached hydrogens (primary N) is 1. The summed E-state index contributed by atoms with van der Waals surface area (Å²) in [7, 11) is 1.55. The maximum Gasteiger partial charge on any atom is 0.236 e. The van der Waals surface area contributed by atoms with Gasteiger partial charge in [-0.25, -0.2) is 5.84 Å². The number of carbonyl (C=O) groups excluding carboxylic acids is 1. The van der Waals surface area contributed by atoms with Gasteiger partial charge in [-0.2, -0.15) is 0 Å². The Balaban J connectivity index is 2.39. The molecule has 0 aliphatic carbocycles. The fraction of sp³-hybridized carbons (Fsp3) is 0.375. The molecule has 0 saturated heterocycles. The molecule has 0 aromatic carbocycles. The van der Waals surface area contributed by atoms with Crippen molar-refractivity contribution in [2.24, 2.45) is 5.84 Å². The second-order valence-electron chi connectivity index (χ2n) is 2.71. The number of rotatable bonds is 3. The molecular formula is C8H11ClN2OS. The molecule has 0 unspecified atom stereocenters. The lowest BCUT2D eigenvalue weighted by molar-refractivity contribution is -0.130. The van der Waals surface area contributed by atoms with Crippen molar-refractivity contribution in [1.29, 1.82) is 0 Å². The summed E-state index contributed by atoms with van der Waals surface area (Å²) in [5.74, 6) is 5.20. The van der Waals surface area contributed by atoms with Gasteiger partial charge in [0.15, 0.2) is 0 Å². The zero-order valence-electron chi connectivity index (χ0n) is 7.29. The Kier molecular flexibility index (Phi) is 3.71. The quantitative estimate of drug-likeness (QED) is 0.477. The van der Waals surface area contributed by atoms with Gasteiger partial charge in [0.25, 0.3) is 0 Å². The van der Waals surface area contributed by atoms with E-state index in [4.69, 9.17) is 17.4 Å². The Bertz CT molecular complexity index is 298. The molecule has 1 rings (SSSR count). The van der Waals surface area contributed by atoms with Crippen molar-refractivity contribution in [3.05, 3.63) is 21.3 Å². The predicted molar refractivity (Wildman–Crippen MR) is 54.6 cm³/mol. The van der Waals surface area contributed by atoms with E-state index in [0.29, 0.717) is 12.8 Å². The van der Waals surface area contributed by atoms with Crippen LogP contribution in [0.15, 0.2) is 12.1 Å². The third kappa shape index (κ3) is 3.34. The van der Waals surface area contributed by atoms with Gasteiger partial charge >= 0.3 is 0 Å². The molecule has 0 atom stereocenters. The van der Waals surface area contributed by atoms with Gasteiger partial charge in [-0.1, -0.05) is 11.6 Å². The molecule has 0 radical (unpaired) electrons. The lowest BCUT2D eigenvalue weighted by Gasteiger charge is -2.08. The molecule has 72 valence electrons. The molecule has 0 aliphatic heterocycles. The average molecular weight is 219 g/mol. The van der Waals surface area contributed by atoms with Crippen LogP contribution in [0.5, 0.6) is 0 Å². The van der Waals surface area contributed by atoms with Gasteiger partial charge in [0, 0.05) is 18.3 Å². The summed E-state index contributed by atoms with van der Waals surface area (Å²) >= 11 is 7.23. The molecule has 0 saturated carbocycles. The first-order valence-corrected chi connectivity index (χ1v) is 5.04. The fourth-order valence-corrected chi connectivity index (χ4v) is 1.98. The highest BCUT2D eigenvalue weighted by Gasteiger charge is 2.05. The van der Waals surface area contributed by atoms with Crippen molar-refractivity contribution in [3.63, 3.8) is 0 Å². The van der Waals surface area contributed by atoms with Gasteiger partial charge in [0.2, 0.25) is 5.91 Å². The molecule has 0 spiro atoms. The molecule has 3 nitrogen and oxygen atoms in total. The molecule has 5 heteroatoms. The number of aryl methyl sites for hydroxylation is 1. The minimum Gasteiger partial charge on any atom is -0.284 e. The Labute approximate surface area is 86.1 Å². The van der Waals surface area contributed by atoms with Gasteiger partial charge in [0.1, 0.15) is 0 Å². The molecule has 0 fully saturated rings. The van der Waals surface area contributed by atoms with Crippen molar-refractivity contribution < 1.29 is 4.79 Å². The van der Waals surface area contributed by atoms with E-state index < -0.39 is 0 Å². The summed E-state index contributed by atoms with van der Waals surface area (Å²) in [4.78, 5) is 12.2. The number of hydrazine groups is 1. The van der Waals surface area contributed by atoms with Crippen molar-refractivity contribution in [3.8, 4) is 0 Å². The molecule has 0 aliphatic rings. The van der Waals surface area contributed by atoms with E-state index in [1.807, 2.05) is 12.1 Å². The SMILES string of the molecule is CN(N)C(=O)CCc1ccc(Cl)s1. The summed E-state index contributed by atoms with van der Waals surface area (Å²) in [6, 6.07) is 3.76. The van der Waals surface area contributed by atoms with Crippen molar-refractivity contribution in [2.45, 2.75) is 12.8 Å². The standard InChI is InChI=1S/C8H11ClN2OS/c1-11(10)8(12)5-3-6-2-4-7(9)13-6/h2,4H,3,5,10H2,1H3. The third-order valence-electron chi connectivity index (χ3n) is 1.61. The Hall–Kier alpha value is -0.580. The van der Waals surface area contributed by atoms with Gasteiger partial charge in [0.05, 0.1) is 4.34 Å². The van der Waals surface area contributed by atoms with Gasteiger partial charge in [-0.15, -0.1) is 11.3 Å². The molecule has 1 aromatic rings. The first kappa shape index (κ1) is 10.5. The van der Waals surface area contributed by atoms with E-state index >= 15 is 0 Å². The van der Waals surface area contributed by atoms with Gasteiger partial charge < -0.3 is 0 Å². The van der Waals surface area contributed by atoms with Crippen LogP contribution in [0.2, 0.25) is 4.34 Å². The Morgan fingerprint density at radius 1 is 1.69 bits per heavy atom. The molecule has 2 N–H and O–H groups in total. The molecule has 1 amide bonds. The molecular weight excluding hydrogens is 208 g/mol. The van der Waals surface area contributed by atoms with E-state index in [-0.39, 0.29) is 5.91 Å². The first-order valence-electron chi connectivity index (χ1n) is 3.85. The van der Waals surface area contributed by atoms with Crippen molar-refractivity contribution in [2.75, 3.05) is 7.05 Å². The second-order valence-corrected chi connectivity index (χ2v) is 4.51. The normalized spacial score (nSPS) is 10.1. The molecule has 13 heavy (non-hydrogen) atoms.